The van der Waals surface area contributed by atoms with Gasteiger partial charge in [0.15, 0.2) is 11.5 Å². The average molecular weight is 795 g/mol. The van der Waals surface area contributed by atoms with Crippen LogP contribution in [0.5, 0.6) is 34.5 Å². The second-order valence-corrected chi connectivity index (χ2v) is 15.3. The molecule has 284 valence electrons. The van der Waals surface area contributed by atoms with Crippen molar-refractivity contribution in [1.29, 1.82) is 0 Å². The maximum absolute atomic E-state index is 12.2. The molecule has 4 rings (SSSR count). The average Bonchev–Trinajstić information content (AvgIpc) is 3.10. The summed E-state index contributed by atoms with van der Waals surface area (Å²) in [7, 11) is -9.38. The zero-order valence-corrected chi connectivity index (χ0v) is 34.5. The van der Waals surface area contributed by atoms with Crippen LogP contribution in [0.15, 0.2) is 94.7 Å². The van der Waals surface area contributed by atoms with Crippen molar-refractivity contribution in [3.05, 3.63) is 96.1 Å². The topological polar surface area (TPSA) is 173 Å². The van der Waals surface area contributed by atoms with Crippen LogP contribution in [0.4, 0.5) is 0 Å². The van der Waals surface area contributed by atoms with Crippen LogP contribution in [0.25, 0.3) is 0 Å². The molecule has 0 saturated carbocycles. The van der Waals surface area contributed by atoms with Crippen LogP contribution in [0.2, 0.25) is 0 Å². The molecular weight excluding hydrogens is 745 g/mol. The Bertz CT molecular complexity index is 1750. The van der Waals surface area contributed by atoms with Crippen molar-refractivity contribution >= 4 is 58.0 Å². The summed E-state index contributed by atoms with van der Waals surface area (Å²) in [4.78, 5) is -0.877. The maximum Gasteiger partial charge on any atom is 2.00 e. The summed E-state index contributed by atoms with van der Waals surface area (Å²) in [6.45, 7) is 4.30. The molecule has 0 aromatic heterocycles. The van der Waals surface area contributed by atoms with E-state index in [4.69, 9.17) is 9.47 Å². The largest absolute Gasteiger partial charge is 2.00 e. The molecule has 0 aliphatic rings. The number of unbranched alkanes of at least 4 members (excludes halogenated alkanes) is 10. The molecule has 2 N–H and O–H groups in total. The molecule has 53 heavy (non-hydrogen) atoms. The number of phenols is 1. The number of benzene rings is 4. The normalized spacial score (nSPS) is 11.2. The van der Waals surface area contributed by atoms with Gasteiger partial charge in [-0.15, -0.1) is 0 Å². The maximum atomic E-state index is 12.2. The van der Waals surface area contributed by atoms with Crippen LogP contribution in [-0.4, -0.2) is 68.8 Å². The van der Waals surface area contributed by atoms with E-state index < -0.39 is 36.6 Å². The van der Waals surface area contributed by atoms with E-state index in [9.17, 15) is 36.2 Å². The molecule has 0 aliphatic carbocycles. The minimum atomic E-state index is -4.83. The van der Waals surface area contributed by atoms with Crippen molar-refractivity contribution in [2.24, 2.45) is 0 Å². The van der Waals surface area contributed by atoms with Gasteiger partial charge in [0.1, 0.15) is 32.3 Å². The van der Waals surface area contributed by atoms with Crippen LogP contribution in [0, 0.1) is 0 Å². The number of para-hydroxylation sites is 2. The molecule has 0 aliphatic heterocycles. The number of ether oxygens (including phenoxy) is 2. The number of rotatable bonds is 20. The van der Waals surface area contributed by atoms with Crippen molar-refractivity contribution < 1.29 is 45.6 Å². The fraction of sp³-hybridized carbons (Fsp3) is 0.400. The first-order chi connectivity index (χ1) is 24.9. The van der Waals surface area contributed by atoms with Gasteiger partial charge in [-0.3, -0.25) is 4.55 Å². The SMILES string of the molecule is CCCCCCCCc1ccc(O)c(Oc2ccccc2)c1S(=O)(=O)O.CCCCCCCCc1ccc([O-])c(Oc2ccccc2)c1S(=O)(=O)[O-].[Ca+2]. The summed E-state index contributed by atoms with van der Waals surface area (Å²) in [6, 6.07) is 22.5. The summed E-state index contributed by atoms with van der Waals surface area (Å²) >= 11 is 0. The Morgan fingerprint density at radius 3 is 1.43 bits per heavy atom. The van der Waals surface area contributed by atoms with E-state index in [1.54, 1.807) is 60.7 Å². The van der Waals surface area contributed by atoms with E-state index >= 15 is 0 Å². The van der Waals surface area contributed by atoms with Gasteiger partial charge < -0.3 is 24.2 Å². The zero-order valence-electron chi connectivity index (χ0n) is 30.7. The Hall–Kier alpha value is -2.84. The first-order valence-electron chi connectivity index (χ1n) is 17.9. The molecule has 0 bridgehead atoms. The van der Waals surface area contributed by atoms with E-state index in [-0.39, 0.29) is 54.1 Å². The molecule has 0 unspecified atom stereocenters. The van der Waals surface area contributed by atoms with E-state index in [0.29, 0.717) is 35.5 Å². The van der Waals surface area contributed by atoms with Gasteiger partial charge in [-0.2, -0.15) is 8.42 Å². The standard InChI is InChI=1S/2C20H26O5S.Ca/c2*1-2-3-4-5-6-8-11-16-14-15-18(21)19(20(16)26(22,23)24)25-17-12-9-7-10-13-17;/h2*7,9-10,12-15,21H,2-6,8,11H2,1H3,(H,22,23,24);/q;;+2/p-2. The summed E-state index contributed by atoms with van der Waals surface area (Å²) in [5.41, 5.74) is 0.799. The molecule has 0 atom stereocenters. The zero-order chi connectivity index (χ0) is 38.0. The number of hydrogen-bond acceptors (Lipinski definition) is 9. The van der Waals surface area contributed by atoms with E-state index in [2.05, 4.69) is 13.8 Å². The summed E-state index contributed by atoms with van der Waals surface area (Å²) in [6.07, 6.45) is 13.6. The van der Waals surface area contributed by atoms with Crippen LogP contribution in [0.1, 0.15) is 102 Å². The van der Waals surface area contributed by atoms with E-state index in [1.807, 2.05) is 0 Å². The molecule has 0 saturated heterocycles. The van der Waals surface area contributed by atoms with Crippen LogP contribution in [-0.2, 0) is 33.1 Å². The fourth-order valence-electron chi connectivity index (χ4n) is 5.73. The molecule has 4 aromatic carbocycles. The Balaban J connectivity index is 0.000000360. The predicted molar refractivity (Wildman–Crippen MR) is 205 cm³/mol. The van der Waals surface area contributed by atoms with Crippen molar-refractivity contribution in [3.8, 4) is 34.5 Å². The number of hydrogen-bond donors (Lipinski definition) is 2. The predicted octanol–water partition coefficient (Wildman–Crippen LogP) is 9.31. The minimum Gasteiger partial charge on any atom is -0.870 e. The van der Waals surface area contributed by atoms with Gasteiger partial charge in [-0.25, -0.2) is 8.42 Å². The summed E-state index contributed by atoms with van der Waals surface area (Å²) in [5.74, 6) is -0.893. The fourth-order valence-corrected chi connectivity index (χ4v) is 7.47. The third-order valence-corrected chi connectivity index (χ3v) is 10.3. The smallest absolute Gasteiger partial charge is 0.870 e. The summed E-state index contributed by atoms with van der Waals surface area (Å²) < 4.78 is 80.1. The molecule has 0 fully saturated rings. The first-order valence-corrected chi connectivity index (χ1v) is 20.8. The molecule has 0 amide bonds. The number of aromatic hydroxyl groups is 1. The van der Waals surface area contributed by atoms with Crippen LogP contribution < -0.4 is 14.6 Å². The Kier molecular flexibility index (Phi) is 20.8. The van der Waals surface area contributed by atoms with Gasteiger partial charge in [0.05, 0.1) is 4.90 Å². The third-order valence-electron chi connectivity index (χ3n) is 8.36. The number of phenolic OH excluding ortho intramolecular Hbond substituents is 1. The molecule has 0 spiro atoms. The summed E-state index contributed by atoms with van der Waals surface area (Å²) in [5, 5.41) is 22.3. The van der Waals surface area contributed by atoms with Crippen molar-refractivity contribution in [2.45, 2.75) is 114 Å². The quantitative estimate of drug-likeness (QED) is 0.0499. The molecule has 0 heterocycles. The minimum absolute atomic E-state index is 0. The molecular formula is C40H50CaO10S2. The Morgan fingerprint density at radius 2 is 0.981 bits per heavy atom. The van der Waals surface area contributed by atoms with Crippen LogP contribution >= 0.6 is 0 Å². The van der Waals surface area contributed by atoms with Gasteiger partial charge in [-0.1, -0.05) is 138 Å². The second-order valence-electron chi connectivity index (χ2n) is 12.6. The van der Waals surface area contributed by atoms with E-state index in [0.717, 1.165) is 51.4 Å². The van der Waals surface area contributed by atoms with Gasteiger partial charge in [0, 0.05) is 0 Å². The Morgan fingerprint density at radius 1 is 0.566 bits per heavy atom. The monoisotopic (exact) mass is 794 g/mol. The molecule has 0 radical (unpaired) electrons. The molecule has 13 heteroatoms. The van der Waals surface area contributed by atoms with Gasteiger partial charge in [0.25, 0.3) is 10.1 Å². The third kappa shape index (κ3) is 15.8. The van der Waals surface area contributed by atoms with Gasteiger partial charge >= 0.3 is 37.7 Å². The molecule has 10 nitrogen and oxygen atoms in total. The Labute approximate surface area is 345 Å². The molecule has 4 aromatic rings. The first kappa shape index (κ1) is 46.3. The number of aryl methyl sites for hydroxylation is 2. The van der Waals surface area contributed by atoms with Crippen LogP contribution in [0.3, 0.4) is 0 Å². The second kappa shape index (κ2) is 23.8. The van der Waals surface area contributed by atoms with E-state index in [1.165, 1.54) is 49.9 Å². The van der Waals surface area contributed by atoms with Crippen molar-refractivity contribution in [1.82, 2.24) is 0 Å². The van der Waals surface area contributed by atoms with Crippen molar-refractivity contribution in [3.63, 3.8) is 0 Å². The van der Waals surface area contributed by atoms with Crippen molar-refractivity contribution in [2.75, 3.05) is 0 Å². The van der Waals surface area contributed by atoms with Gasteiger partial charge in [0.2, 0.25) is 0 Å². The van der Waals surface area contributed by atoms with Gasteiger partial charge in [-0.05, 0) is 67.1 Å².